The average molecular weight is 123 g/mol. The van der Waals surface area contributed by atoms with Crippen LogP contribution in [-0.4, -0.2) is 4.98 Å². The Morgan fingerprint density at radius 3 is 2.78 bits per heavy atom. The van der Waals surface area contributed by atoms with Crippen LogP contribution in [0.3, 0.4) is 0 Å². The summed E-state index contributed by atoms with van der Waals surface area (Å²) in [5.74, 6) is 0. The van der Waals surface area contributed by atoms with Crippen LogP contribution in [0.25, 0.3) is 0 Å². The topological polar surface area (TPSA) is 40.5 Å². The zero-order valence-electron chi connectivity index (χ0n) is 5.59. The molecule has 1 aromatic rings. The van der Waals surface area contributed by atoms with Crippen LogP contribution in [0.4, 0.5) is 0 Å². The number of aryl methyl sites for hydroxylation is 1. The molecule has 0 spiro atoms. The molecule has 0 saturated heterocycles. The molecule has 0 aromatic carbocycles. The lowest BCUT2D eigenvalue weighted by Crippen LogP contribution is -2.47. The van der Waals surface area contributed by atoms with Crippen molar-refractivity contribution in [2.75, 3.05) is 0 Å². The minimum atomic E-state index is 0.779. The van der Waals surface area contributed by atoms with Crippen LogP contribution in [0.15, 0.2) is 18.2 Å². The summed E-state index contributed by atoms with van der Waals surface area (Å²) in [5.41, 5.74) is 5.87. The third kappa shape index (κ3) is 1.50. The lowest BCUT2D eigenvalue weighted by Gasteiger charge is -1.92. The second-order valence-electron chi connectivity index (χ2n) is 2.02. The molecule has 0 bridgehead atoms. The normalized spacial score (nSPS) is 9.56. The van der Waals surface area contributed by atoms with E-state index < -0.39 is 0 Å². The van der Waals surface area contributed by atoms with E-state index in [1.165, 1.54) is 0 Å². The number of hydrogen-bond donors (Lipinski definition) is 1. The Morgan fingerprint density at radius 1 is 1.56 bits per heavy atom. The predicted molar refractivity (Wildman–Crippen MR) is 35.6 cm³/mol. The molecular weight excluding hydrogens is 112 g/mol. The molecule has 9 heavy (non-hydrogen) atoms. The number of rotatable bonds is 1. The summed E-state index contributed by atoms with van der Waals surface area (Å²) in [5, 5.41) is 0. The summed E-state index contributed by atoms with van der Waals surface area (Å²) in [7, 11) is 0. The largest absolute Gasteiger partial charge is 0.353 e. The minimum absolute atomic E-state index is 0.779. The highest BCUT2D eigenvalue weighted by atomic mass is 14.7. The Kier molecular flexibility index (Phi) is 1.80. The smallest absolute Gasteiger partial charge is 0.117 e. The van der Waals surface area contributed by atoms with Gasteiger partial charge in [0.05, 0.1) is 5.69 Å². The number of nitrogens with zero attached hydrogens (tertiary/aromatic N) is 1. The SMILES string of the molecule is Cc1cccc(C[NH3+])n1. The molecule has 0 fully saturated rings. The van der Waals surface area contributed by atoms with Crippen LogP contribution in [-0.2, 0) is 6.54 Å². The molecule has 3 N–H and O–H groups in total. The molecule has 1 aromatic heterocycles. The molecular formula is C7H11N2+. The van der Waals surface area contributed by atoms with Gasteiger partial charge in [0.1, 0.15) is 6.54 Å². The lowest BCUT2D eigenvalue weighted by atomic mass is 10.3. The van der Waals surface area contributed by atoms with E-state index in [1.54, 1.807) is 0 Å². The zero-order chi connectivity index (χ0) is 6.69. The van der Waals surface area contributed by atoms with Crippen LogP contribution >= 0.6 is 0 Å². The third-order valence-corrected chi connectivity index (χ3v) is 1.20. The van der Waals surface area contributed by atoms with Gasteiger partial charge in [-0.05, 0) is 19.1 Å². The first-order valence-corrected chi connectivity index (χ1v) is 3.04. The van der Waals surface area contributed by atoms with Crippen molar-refractivity contribution in [2.45, 2.75) is 13.5 Å². The fraction of sp³-hybridized carbons (Fsp3) is 0.286. The molecule has 0 amide bonds. The van der Waals surface area contributed by atoms with E-state index in [-0.39, 0.29) is 0 Å². The van der Waals surface area contributed by atoms with Gasteiger partial charge < -0.3 is 5.73 Å². The van der Waals surface area contributed by atoms with Gasteiger partial charge in [0.15, 0.2) is 0 Å². The van der Waals surface area contributed by atoms with Crippen molar-refractivity contribution >= 4 is 0 Å². The Balaban J connectivity index is 2.94. The van der Waals surface area contributed by atoms with Crippen molar-refractivity contribution in [2.24, 2.45) is 0 Å². The first kappa shape index (κ1) is 6.23. The van der Waals surface area contributed by atoms with E-state index in [1.807, 2.05) is 25.1 Å². The first-order valence-electron chi connectivity index (χ1n) is 3.04. The molecule has 48 valence electrons. The summed E-state index contributed by atoms with van der Waals surface area (Å²) in [6.45, 7) is 2.76. The molecule has 0 radical (unpaired) electrons. The summed E-state index contributed by atoms with van der Waals surface area (Å²) >= 11 is 0. The van der Waals surface area contributed by atoms with Crippen molar-refractivity contribution in [1.29, 1.82) is 0 Å². The molecule has 0 saturated carbocycles. The van der Waals surface area contributed by atoms with Gasteiger partial charge in [0.25, 0.3) is 0 Å². The Morgan fingerprint density at radius 2 is 2.33 bits per heavy atom. The van der Waals surface area contributed by atoms with E-state index in [0.717, 1.165) is 17.9 Å². The van der Waals surface area contributed by atoms with E-state index in [9.17, 15) is 0 Å². The predicted octanol–water partition coefficient (Wildman–Crippen LogP) is 0.132. The average Bonchev–Trinajstić information content (AvgIpc) is 1.88. The van der Waals surface area contributed by atoms with Gasteiger partial charge in [-0.2, -0.15) is 0 Å². The van der Waals surface area contributed by atoms with Crippen molar-refractivity contribution in [3.63, 3.8) is 0 Å². The number of aromatic nitrogens is 1. The van der Waals surface area contributed by atoms with Crippen molar-refractivity contribution < 1.29 is 5.73 Å². The standard InChI is InChI=1S/C7H10N2/c1-6-3-2-4-7(5-8)9-6/h2-4H,5,8H2,1H3/p+1. The molecule has 0 aliphatic heterocycles. The monoisotopic (exact) mass is 123 g/mol. The van der Waals surface area contributed by atoms with E-state index in [0.29, 0.717) is 0 Å². The third-order valence-electron chi connectivity index (χ3n) is 1.20. The molecule has 1 heterocycles. The van der Waals surface area contributed by atoms with Crippen LogP contribution < -0.4 is 5.73 Å². The zero-order valence-corrected chi connectivity index (χ0v) is 5.59. The van der Waals surface area contributed by atoms with Gasteiger partial charge >= 0.3 is 0 Å². The van der Waals surface area contributed by atoms with Gasteiger partial charge in [-0.1, -0.05) is 6.07 Å². The van der Waals surface area contributed by atoms with Crippen molar-refractivity contribution in [1.82, 2.24) is 4.98 Å². The summed E-state index contributed by atoms with van der Waals surface area (Å²) in [4.78, 5) is 4.23. The quantitative estimate of drug-likeness (QED) is 0.566. The minimum Gasteiger partial charge on any atom is -0.353 e. The molecule has 1 rings (SSSR count). The van der Waals surface area contributed by atoms with Gasteiger partial charge in [-0.15, -0.1) is 0 Å². The molecule has 0 unspecified atom stereocenters. The fourth-order valence-corrected chi connectivity index (χ4v) is 0.739. The molecule has 0 aliphatic carbocycles. The van der Waals surface area contributed by atoms with Gasteiger partial charge in [-0.3, -0.25) is 4.98 Å². The summed E-state index contributed by atoms with van der Waals surface area (Å²) < 4.78 is 0. The summed E-state index contributed by atoms with van der Waals surface area (Å²) in [6.07, 6.45) is 0. The van der Waals surface area contributed by atoms with Crippen LogP contribution in [0.2, 0.25) is 0 Å². The van der Waals surface area contributed by atoms with Crippen LogP contribution in [0.5, 0.6) is 0 Å². The molecule has 2 nitrogen and oxygen atoms in total. The number of hydrogen-bond acceptors (Lipinski definition) is 1. The van der Waals surface area contributed by atoms with Crippen LogP contribution in [0.1, 0.15) is 11.4 Å². The second kappa shape index (κ2) is 2.60. The van der Waals surface area contributed by atoms with E-state index in [2.05, 4.69) is 10.7 Å². The molecule has 0 aliphatic rings. The molecule has 2 heteroatoms. The van der Waals surface area contributed by atoms with Crippen molar-refractivity contribution in [3.8, 4) is 0 Å². The number of quaternary nitrogens is 1. The highest BCUT2D eigenvalue weighted by molar-refractivity contribution is 5.08. The Bertz CT molecular complexity index is 196. The first-order chi connectivity index (χ1) is 4.33. The van der Waals surface area contributed by atoms with E-state index >= 15 is 0 Å². The van der Waals surface area contributed by atoms with Crippen LogP contribution in [0, 0.1) is 6.92 Å². The lowest BCUT2D eigenvalue weighted by molar-refractivity contribution is -0.387. The second-order valence-corrected chi connectivity index (χ2v) is 2.02. The summed E-state index contributed by atoms with van der Waals surface area (Å²) in [6, 6.07) is 5.97. The van der Waals surface area contributed by atoms with E-state index in [4.69, 9.17) is 0 Å². The van der Waals surface area contributed by atoms with Gasteiger partial charge in [0.2, 0.25) is 0 Å². The van der Waals surface area contributed by atoms with Gasteiger partial charge in [-0.25, -0.2) is 0 Å². The molecule has 0 atom stereocenters. The highest BCUT2D eigenvalue weighted by Gasteiger charge is 1.89. The number of pyridine rings is 1. The maximum absolute atomic E-state index is 4.23. The Hall–Kier alpha value is -0.890. The highest BCUT2D eigenvalue weighted by Crippen LogP contribution is 1.94. The fourth-order valence-electron chi connectivity index (χ4n) is 0.739. The van der Waals surface area contributed by atoms with Gasteiger partial charge in [0, 0.05) is 5.69 Å². The Labute approximate surface area is 54.7 Å². The van der Waals surface area contributed by atoms with Crippen molar-refractivity contribution in [3.05, 3.63) is 29.6 Å². The maximum atomic E-state index is 4.23. The maximum Gasteiger partial charge on any atom is 0.117 e.